The van der Waals surface area contributed by atoms with Crippen LogP contribution < -0.4 is 9.80 Å². The van der Waals surface area contributed by atoms with Crippen LogP contribution in [-0.4, -0.2) is 4.21 Å². The van der Waals surface area contributed by atoms with Gasteiger partial charge < -0.3 is 14.2 Å². The third kappa shape index (κ3) is 5.42. The Kier molecular flexibility index (Phi) is 7.41. The summed E-state index contributed by atoms with van der Waals surface area (Å²) in [5, 5.41) is 1.97. The summed E-state index contributed by atoms with van der Waals surface area (Å²) in [6, 6.07) is 51.1. The molecule has 1 aromatic heterocycles. The number of rotatable bonds is 6. The molecule has 1 aliphatic rings. The Bertz CT molecular complexity index is 2530. The van der Waals surface area contributed by atoms with Gasteiger partial charge in [0.15, 0.2) is 0 Å². The Morgan fingerprint density at radius 1 is 0.392 bits per heavy atom. The van der Waals surface area contributed by atoms with Crippen molar-refractivity contribution in [1.29, 1.82) is 0 Å². The molecule has 0 fully saturated rings. The van der Waals surface area contributed by atoms with Gasteiger partial charge in [0.2, 0.25) is 0 Å². The molecule has 0 saturated heterocycles. The van der Waals surface area contributed by atoms with E-state index in [-0.39, 0.29) is 0 Å². The van der Waals surface area contributed by atoms with Crippen molar-refractivity contribution in [2.75, 3.05) is 9.80 Å². The highest BCUT2D eigenvalue weighted by Crippen LogP contribution is 2.48. The van der Waals surface area contributed by atoms with E-state index in [0.717, 1.165) is 77.0 Å². The third-order valence-corrected chi connectivity index (χ3v) is 11.4. The Morgan fingerprint density at radius 3 is 1.27 bits per heavy atom. The fourth-order valence-electron chi connectivity index (χ4n) is 7.11. The molecule has 51 heavy (non-hydrogen) atoms. The first-order valence-electron chi connectivity index (χ1n) is 17.2. The van der Waals surface area contributed by atoms with Crippen molar-refractivity contribution in [3.8, 4) is 11.1 Å². The summed E-state index contributed by atoms with van der Waals surface area (Å²) in [5.41, 5.74) is 14.6. The molecule has 4 nitrogen and oxygen atoms in total. The summed E-state index contributed by atoms with van der Waals surface area (Å²) >= 11 is 0. The lowest BCUT2D eigenvalue weighted by Crippen LogP contribution is -2.10. The lowest BCUT2D eigenvalue weighted by molar-refractivity contribution is 0.669. The zero-order chi connectivity index (χ0) is 34.8. The number of hydrogen-bond acceptors (Lipinski definition) is 4. The van der Waals surface area contributed by atoms with Gasteiger partial charge in [-0.25, -0.2) is 4.21 Å². The van der Waals surface area contributed by atoms with Crippen molar-refractivity contribution in [1.82, 2.24) is 0 Å². The van der Waals surface area contributed by atoms with Crippen molar-refractivity contribution in [3.05, 3.63) is 168 Å². The predicted molar refractivity (Wildman–Crippen MR) is 212 cm³/mol. The number of benzene rings is 7. The van der Waals surface area contributed by atoms with E-state index in [1.807, 2.05) is 0 Å². The molecule has 5 heteroatoms. The average Bonchev–Trinajstić information content (AvgIpc) is 3.64. The fraction of sp³-hybridized carbons (Fsp3) is 0.0870. The van der Waals surface area contributed by atoms with Crippen molar-refractivity contribution in [2.24, 2.45) is 0 Å². The Morgan fingerprint density at radius 2 is 0.784 bits per heavy atom. The minimum absolute atomic E-state index is 0.785. The largest absolute Gasteiger partial charge is 0.456 e. The molecule has 0 radical (unpaired) electrons. The van der Waals surface area contributed by atoms with Crippen LogP contribution in [0.5, 0.6) is 0 Å². The molecule has 7 aromatic carbocycles. The van der Waals surface area contributed by atoms with Gasteiger partial charge in [0.05, 0.1) is 20.6 Å². The van der Waals surface area contributed by atoms with Gasteiger partial charge >= 0.3 is 0 Å². The van der Waals surface area contributed by atoms with Gasteiger partial charge in [0, 0.05) is 56.5 Å². The van der Waals surface area contributed by atoms with E-state index in [0.29, 0.717) is 0 Å². The first kappa shape index (κ1) is 31.1. The van der Waals surface area contributed by atoms with Crippen LogP contribution in [-0.2, 0) is 10.8 Å². The molecule has 0 bridgehead atoms. The smallest absolute Gasteiger partial charge is 0.137 e. The summed E-state index contributed by atoms with van der Waals surface area (Å²) < 4.78 is 20.9. The minimum Gasteiger partial charge on any atom is -0.456 e. The van der Waals surface area contributed by atoms with Crippen LogP contribution in [0.25, 0.3) is 33.1 Å². The molecule has 0 N–H and O–H groups in total. The maximum atomic E-state index is 14.3. The topological polar surface area (TPSA) is 36.7 Å². The highest BCUT2D eigenvalue weighted by atomic mass is 32.2. The Hall–Kier alpha value is -5.91. The van der Waals surface area contributed by atoms with Crippen LogP contribution in [0, 0.1) is 27.7 Å². The molecular weight excluding hydrogens is 645 g/mol. The number of nitrogens with zero attached hydrogens (tertiary/aromatic N) is 2. The van der Waals surface area contributed by atoms with Gasteiger partial charge in [-0.15, -0.1) is 0 Å². The van der Waals surface area contributed by atoms with Crippen LogP contribution in [0.2, 0.25) is 0 Å². The zero-order valence-corrected chi connectivity index (χ0v) is 29.8. The summed E-state index contributed by atoms with van der Waals surface area (Å²) in [6.07, 6.45) is 0. The molecule has 1 aliphatic heterocycles. The lowest BCUT2D eigenvalue weighted by Gasteiger charge is -2.26. The van der Waals surface area contributed by atoms with E-state index in [2.05, 4.69) is 183 Å². The number of hydrogen-bond donors (Lipinski definition) is 0. The monoisotopic (exact) mass is 680 g/mol. The number of anilines is 6. The summed E-state index contributed by atoms with van der Waals surface area (Å²) in [6.45, 7) is 8.40. The Balaban J connectivity index is 1.13. The first-order valence-corrected chi connectivity index (χ1v) is 18.4. The SMILES string of the molecule is Cc1ccc(N(c2ccc(C)cc2)c2ccc3c(c2)S(=O)c2cc4c(cc2-3)oc2cc(N(c3ccc(C)cc3)c3ccc(C)cc3)ccc24)cc1. The van der Waals surface area contributed by atoms with Gasteiger partial charge in [0.1, 0.15) is 11.2 Å². The van der Waals surface area contributed by atoms with Crippen LogP contribution in [0.3, 0.4) is 0 Å². The van der Waals surface area contributed by atoms with E-state index in [9.17, 15) is 4.21 Å². The summed E-state index contributed by atoms with van der Waals surface area (Å²) in [4.78, 5) is 6.12. The minimum atomic E-state index is -1.34. The maximum absolute atomic E-state index is 14.3. The second-order valence-corrected chi connectivity index (χ2v) is 15.0. The standard InChI is InChI=1S/C46H36N2O2S/c1-29-5-13-33(14-6-29)47(34-15-7-30(2)8-16-34)37-21-23-39-41-28-46-42(27-44(41)50-43(39)25-37)40-24-22-38(26-45(40)51(46)49)48(35-17-9-31(3)10-18-35)36-19-11-32(4)12-20-36/h5-28H,1-4H3. The van der Waals surface area contributed by atoms with E-state index in [4.69, 9.17) is 4.42 Å². The van der Waals surface area contributed by atoms with Crippen LogP contribution in [0.1, 0.15) is 22.3 Å². The highest BCUT2D eigenvalue weighted by molar-refractivity contribution is 7.85. The molecule has 248 valence electrons. The van der Waals surface area contributed by atoms with Crippen LogP contribution in [0.4, 0.5) is 34.1 Å². The lowest BCUT2D eigenvalue weighted by atomic mass is 10.0. The van der Waals surface area contributed by atoms with Gasteiger partial charge in [0.25, 0.3) is 0 Å². The molecule has 0 aliphatic carbocycles. The third-order valence-electron chi connectivity index (χ3n) is 9.90. The maximum Gasteiger partial charge on any atom is 0.137 e. The highest BCUT2D eigenvalue weighted by Gasteiger charge is 2.29. The van der Waals surface area contributed by atoms with Gasteiger partial charge in [-0.1, -0.05) is 76.9 Å². The van der Waals surface area contributed by atoms with Crippen LogP contribution >= 0.6 is 0 Å². The molecule has 0 spiro atoms. The van der Waals surface area contributed by atoms with E-state index < -0.39 is 10.8 Å². The molecule has 8 aromatic rings. The normalized spacial score (nSPS) is 13.4. The number of aryl methyl sites for hydroxylation is 4. The van der Waals surface area contributed by atoms with E-state index in [1.54, 1.807) is 0 Å². The first-order chi connectivity index (χ1) is 24.8. The molecule has 9 rings (SSSR count). The number of furan rings is 1. The quantitative estimate of drug-likeness (QED) is 0.175. The van der Waals surface area contributed by atoms with Crippen LogP contribution in [0.15, 0.2) is 160 Å². The van der Waals surface area contributed by atoms with Crippen molar-refractivity contribution < 1.29 is 8.63 Å². The van der Waals surface area contributed by atoms with Crippen molar-refractivity contribution >= 4 is 66.9 Å². The van der Waals surface area contributed by atoms with Crippen molar-refractivity contribution in [2.45, 2.75) is 37.5 Å². The zero-order valence-electron chi connectivity index (χ0n) is 29.0. The molecule has 1 unspecified atom stereocenters. The molecule has 0 amide bonds. The summed E-state index contributed by atoms with van der Waals surface area (Å²) in [5.74, 6) is 0. The molecular formula is C46H36N2O2S. The van der Waals surface area contributed by atoms with E-state index in [1.165, 1.54) is 22.3 Å². The molecule has 1 atom stereocenters. The molecule has 2 heterocycles. The summed E-state index contributed by atoms with van der Waals surface area (Å²) in [7, 11) is -1.34. The second kappa shape index (κ2) is 12.1. The predicted octanol–water partition coefficient (Wildman–Crippen LogP) is 12.9. The van der Waals surface area contributed by atoms with Gasteiger partial charge in [-0.05, 0) is 118 Å². The van der Waals surface area contributed by atoms with Gasteiger partial charge in [-0.3, -0.25) is 0 Å². The van der Waals surface area contributed by atoms with Crippen molar-refractivity contribution in [3.63, 3.8) is 0 Å². The second-order valence-electron chi connectivity index (χ2n) is 13.6. The molecule has 0 saturated carbocycles. The fourth-order valence-corrected chi connectivity index (χ4v) is 8.54. The van der Waals surface area contributed by atoms with E-state index >= 15 is 0 Å². The number of fused-ring (bicyclic) bond motifs is 6. The van der Waals surface area contributed by atoms with Gasteiger partial charge in [-0.2, -0.15) is 0 Å². The Labute approximate surface area is 300 Å². The average molecular weight is 681 g/mol.